The molecule has 3 heterocycles. The Balaban J connectivity index is 1.55. The van der Waals surface area contributed by atoms with Gasteiger partial charge in [-0.15, -0.1) is 21.5 Å². The molecule has 6 nitrogen and oxygen atoms in total. The van der Waals surface area contributed by atoms with E-state index >= 15 is 0 Å². The summed E-state index contributed by atoms with van der Waals surface area (Å²) < 4.78 is 1.79. The Morgan fingerprint density at radius 3 is 2.64 bits per heavy atom. The summed E-state index contributed by atoms with van der Waals surface area (Å²) in [5.41, 5.74) is 2.21. The zero-order valence-electron chi connectivity index (χ0n) is 14.6. The monoisotopic (exact) mass is 471 g/mol. The van der Waals surface area contributed by atoms with Crippen LogP contribution < -0.4 is 5.32 Å². The van der Waals surface area contributed by atoms with Gasteiger partial charge in [-0.3, -0.25) is 9.20 Å². The number of anilines is 1. The number of hydrogen-bond donors (Lipinski definition) is 1. The van der Waals surface area contributed by atoms with Crippen molar-refractivity contribution in [1.82, 2.24) is 19.6 Å². The first-order valence-electron chi connectivity index (χ1n) is 8.01. The molecule has 0 bridgehead atoms. The predicted molar refractivity (Wildman–Crippen MR) is 116 cm³/mol. The number of aryl methyl sites for hydroxylation is 2. The van der Waals surface area contributed by atoms with E-state index in [1.54, 1.807) is 22.1 Å². The molecule has 0 spiro atoms. The van der Waals surface area contributed by atoms with E-state index in [1.807, 2.05) is 6.92 Å². The number of thiophene rings is 1. The number of fused-ring (bicyclic) bond motifs is 3. The van der Waals surface area contributed by atoms with Crippen molar-refractivity contribution in [1.29, 1.82) is 0 Å². The van der Waals surface area contributed by atoms with Crippen molar-refractivity contribution in [3.8, 4) is 0 Å². The Hall–Kier alpha value is -1.58. The van der Waals surface area contributed by atoms with Gasteiger partial charge in [-0.05, 0) is 31.5 Å². The minimum absolute atomic E-state index is 0.107. The van der Waals surface area contributed by atoms with E-state index in [9.17, 15) is 4.79 Å². The molecule has 11 heteroatoms. The van der Waals surface area contributed by atoms with Gasteiger partial charge in [-0.25, -0.2) is 4.98 Å². The first-order chi connectivity index (χ1) is 13.3. The number of thioether (sulfide) groups is 1. The fourth-order valence-corrected chi connectivity index (χ4v) is 5.30. The van der Waals surface area contributed by atoms with E-state index in [0.29, 0.717) is 15.9 Å². The van der Waals surface area contributed by atoms with Crippen LogP contribution in [0.3, 0.4) is 0 Å². The number of rotatable bonds is 4. The van der Waals surface area contributed by atoms with Crippen LogP contribution in [0.15, 0.2) is 23.6 Å². The quantitative estimate of drug-likeness (QED) is 0.389. The summed E-state index contributed by atoms with van der Waals surface area (Å²) in [4.78, 5) is 19.0. The zero-order valence-corrected chi connectivity index (χ0v) is 18.5. The smallest absolute Gasteiger partial charge is 0.234 e. The van der Waals surface area contributed by atoms with Crippen LogP contribution in [0.25, 0.3) is 15.9 Å². The zero-order chi connectivity index (χ0) is 20.0. The minimum atomic E-state index is -0.274. The molecule has 0 aliphatic rings. The van der Waals surface area contributed by atoms with Crippen molar-refractivity contribution >= 4 is 85.4 Å². The van der Waals surface area contributed by atoms with Crippen LogP contribution in [0, 0.1) is 13.8 Å². The third kappa shape index (κ3) is 3.55. The second kappa shape index (κ2) is 7.68. The van der Waals surface area contributed by atoms with Crippen molar-refractivity contribution in [2.24, 2.45) is 0 Å². The molecular weight excluding hydrogens is 461 g/mol. The molecular formula is C17H12Cl3N5OS2. The Bertz CT molecular complexity index is 1210. The minimum Gasteiger partial charge on any atom is -0.323 e. The molecule has 0 fully saturated rings. The Morgan fingerprint density at radius 2 is 1.93 bits per heavy atom. The molecule has 0 aliphatic carbocycles. The molecule has 0 atom stereocenters. The average molecular weight is 473 g/mol. The van der Waals surface area contributed by atoms with Gasteiger partial charge in [-0.1, -0.05) is 46.6 Å². The Labute approximate surface area is 183 Å². The van der Waals surface area contributed by atoms with Crippen molar-refractivity contribution in [2.75, 3.05) is 11.1 Å². The number of aromatic nitrogens is 4. The fourth-order valence-electron chi connectivity index (χ4n) is 2.69. The lowest BCUT2D eigenvalue weighted by atomic mass is 10.2. The standard InChI is InChI=1S/C17H12Cl3N5OS2/c1-7-8(2)28-16-13(7)15-23-24-17(25(15)6-21-16)27-5-12(26)22-14-10(19)3-9(18)4-11(14)20/h3-4,6H,5H2,1-2H3,(H,22,26). The molecule has 144 valence electrons. The summed E-state index contributed by atoms with van der Waals surface area (Å²) in [5, 5.41) is 13.7. The highest BCUT2D eigenvalue weighted by molar-refractivity contribution is 7.99. The van der Waals surface area contributed by atoms with Gasteiger partial charge in [0.05, 0.1) is 26.9 Å². The lowest BCUT2D eigenvalue weighted by Gasteiger charge is -2.09. The summed E-state index contributed by atoms with van der Waals surface area (Å²) in [7, 11) is 0. The number of benzene rings is 1. The molecule has 4 rings (SSSR count). The summed E-state index contributed by atoms with van der Waals surface area (Å²) >= 11 is 21.0. The topological polar surface area (TPSA) is 72.2 Å². The van der Waals surface area contributed by atoms with Crippen LogP contribution in [0.5, 0.6) is 0 Å². The molecule has 1 amide bonds. The lowest BCUT2D eigenvalue weighted by Crippen LogP contribution is -2.15. The van der Waals surface area contributed by atoms with Gasteiger partial charge in [0, 0.05) is 9.90 Å². The molecule has 0 saturated heterocycles. The molecule has 0 aliphatic heterocycles. The first-order valence-corrected chi connectivity index (χ1v) is 11.0. The van der Waals surface area contributed by atoms with Crippen LogP contribution in [0.4, 0.5) is 5.69 Å². The lowest BCUT2D eigenvalue weighted by molar-refractivity contribution is -0.113. The van der Waals surface area contributed by atoms with Gasteiger partial charge in [0.2, 0.25) is 5.91 Å². The number of amides is 1. The number of carbonyl (C=O) groups excluding carboxylic acids is 1. The van der Waals surface area contributed by atoms with E-state index in [0.717, 1.165) is 21.4 Å². The fraction of sp³-hybridized carbons (Fsp3) is 0.176. The molecule has 28 heavy (non-hydrogen) atoms. The summed E-state index contributed by atoms with van der Waals surface area (Å²) in [6.45, 7) is 4.10. The summed E-state index contributed by atoms with van der Waals surface area (Å²) in [6.07, 6.45) is 1.68. The van der Waals surface area contributed by atoms with Crippen molar-refractivity contribution < 1.29 is 4.79 Å². The van der Waals surface area contributed by atoms with Crippen molar-refractivity contribution in [2.45, 2.75) is 19.0 Å². The SMILES string of the molecule is Cc1sc2ncn3c(SCC(=O)Nc4c(Cl)cc(Cl)cc4Cl)nnc3c2c1C. The molecule has 1 N–H and O–H groups in total. The maximum Gasteiger partial charge on any atom is 0.234 e. The Morgan fingerprint density at radius 1 is 1.21 bits per heavy atom. The van der Waals surface area contributed by atoms with Gasteiger partial charge in [-0.2, -0.15) is 0 Å². The highest BCUT2D eigenvalue weighted by Crippen LogP contribution is 2.34. The molecule has 1 aromatic carbocycles. The van der Waals surface area contributed by atoms with Gasteiger partial charge >= 0.3 is 0 Å². The van der Waals surface area contributed by atoms with Crippen LogP contribution in [-0.4, -0.2) is 31.2 Å². The molecule has 4 aromatic rings. The summed E-state index contributed by atoms with van der Waals surface area (Å²) in [6, 6.07) is 3.04. The van der Waals surface area contributed by atoms with E-state index in [1.165, 1.54) is 28.8 Å². The van der Waals surface area contributed by atoms with Gasteiger partial charge in [0.1, 0.15) is 11.2 Å². The highest BCUT2D eigenvalue weighted by atomic mass is 35.5. The summed E-state index contributed by atoms with van der Waals surface area (Å²) in [5.74, 6) is -0.167. The molecule has 0 unspecified atom stereocenters. The highest BCUT2D eigenvalue weighted by Gasteiger charge is 2.17. The maximum absolute atomic E-state index is 12.3. The largest absolute Gasteiger partial charge is 0.323 e. The second-order valence-corrected chi connectivity index (χ2v) is 9.36. The number of nitrogens with zero attached hydrogens (tertiary/aromatic N) is 4. The predicted octanol–water partition coefficient (Wildman–Crippen LogP) is 5.65. The normalized spacial score (nSPS) is 11.5. The first kappa shape index (κ1) is 19.7. The van der Waals surface area contributed by atoms with Crippen molar-refractivity contribution in [3.05, 3.63) is 44.0 Å². The third-order valence-corrected chi connectivity index (χ3v) is 7.02. The van der Waals surface area contributed by atoms with Crippen LogP contribution in [0.2, 0.25) is 15.1 Å². The number of halogens is 3. The average Bonchev–Trinajstić information content (AvgIpc) is 3.17. The van der Waals surface area contributed by atoms with E-state index < -0.39 is 0 Å². The number of hydrogen-bond acceptors (Lipinski definition) is 6. The van der Waals surface area contributed by atoms with Crippen LogP contribution >= 0.6 is 57.9 Å². The van der Waals surface area contributed by atoms with Gasteiger partial charge < -0.3 is 5.32 Å². The van der Waals surface area contributed by atoms with Crippen molar-refractivity contribution in [3.63, 3.8) is 0 Å². The van der Waals surface area contributed by atoms with Gasteiger partial charge in [0.25, 0.3) is 0 Å². The van der Waals surface area contributed by atoms with E-state index in [2.05, 4.69) is 27.4 Å². The van der Waals surface area contributed by atoms with E-state index in [-0.39, 0.29) is 21.7 Å². The second-order valence-electron chi connectivity index (χ2n) is 5.97. The van der Waals surface area contributed by atoms with Crippen LogP contribution in [0.1, 0.15) is 10.4 Å². The molecule has 0 saturated carbocycles. The Kier molecular flexibility index (Phi) is 5.41. The van der Waals surface area contributed by atoms with Gasteiger partial charge in [0.15, 0.2) is 10.8 Å². The molecule has 3 aromatic heterocycles. The van der Waals surface area contributed by atoms with E-state index in [4.69, 9.17) is 34.8 Å². The third-order valence-electron chi connectivity index (χ3n) is 4.15. The number of nitrogens with one attached hydrogen (secondary N) is 1. The number of carbonyl (C=O) groups is 1. The maximum atomic E-state index is 12.3. The van der Waals surface area contributed by atoms with Crippen LogP contribution in [-0.2, 0) is 4.79 Å². The molecule has 0 radical (unpaired) electrons.